The number of benzene rings is 8. The molecule has 0 aliphatic carbocycles. The summed E-state index contributed by atoms with van der Waals surface area (Å²) in [5.74, 6) is 0. The Kier molecular flexibility index (Phi) is 6.16. The maximum Gasteiger partial charge on any atom is 0.0541 e. The summed E-state index contributed by atoms with van der Waals surface area (Å²) in [6.07, 6.45) is 0. The van der Waals surface area contributed by atoms with E-state index in [0.717, 1.165) is 5.69 Å². The summed E-state index contributed by atoms with van der Waals surface area (Å²) in [5.41, 5.74) is 12.1. The van der Waals surface area contributed by atoms with Crippen molar-refractivity contribution in [3.8, 4) is 33.6 Å². The molecule has 11 rings (SSSR count). The van der Waals surface area contributed by atoms with Crippen LogP contribution >= 0.6 is 11.3 Å². The van der Waals surface area contributed by atoms with E-state index in [1.54, 1.807) is 0 Å². The largest absolute Gasteiger partial charge is 0.309 e. The molecule has 0 fully saturated rings. The van der Waals surface area contributed by atoms with E-state index in [4.69, 9.17) is 0 Å². The van der Waals surface area contributed by atoms with Crippen LogP contribution in [0.3, 0.4) is 0 Å². The van der Waals surface area contributed by atoms with Crippen LogP contribution in [0.1, 0.15) is 0 Å². The number of thiophene rings is 1. The van der Waals surface area contributed by atoms with Gasteiger partial charge in [0.2, 0.25) is 0 Å². The smallest absolute Gasteiger partial charge is 0.0541 e. The minimum absolute atomic E-state index is 1.16. The quantitative estimate of drug-likeness (QED) is 0.177. The molecule has 11 aromatic rings. The lowest BCUT2D eigenvalue weighted by atomic mass is 10.0. The van der Waals surface area contributed by atoms with Crippen molar-refractivity contribution in [3.63, 3.8) is 0 Å². The van der Waals surface area contributed by atoms with Crippen LogP contribution in [0, 0.1) is 0 Å². The summed E-state index contributed by atoms with van der Waals surface area (Å²) in [4.78, 5) is 0. The van der Waals surface area contributed by atoms with Crippen LogP contribution in [0.4, 0.5) is 0 Å². The first-order valence-corrected chi connectivity index (χ1v) is 18.2. The third-order valence-electron chi connectivity index (χ3n) is 10.5. The summed E-state index contributed by atoms with van der Waals surface area (Å²) in [5, 5.41) is 7.71. The van der Waals surface area contributed by atoms with Gasteiger partial charge in [-0.25, -0.2) is 0 Å². The minimum atomic E-state index is 1.16. The number of hydrogen-bond acceptors (Lipinski definition) is 1. The van der Waals surface area contributed by atoms with Crippen molar-refractivity contribution in [1.82, 2.24) is 9.13 Å². The molecule has 3 heterocycles. The van der Waals surface area contributed by atoms with Gasteiger partial charge in [0.05, 0.1) is 22.1 Å². The predicted molar refractivity (Wildman–Crippen MR) is 219 cm³/mol. The number of nitrogens with zero attached hydrogens (tertiary/aromatic N) is 2. The Morgan fingerprint density at radius 2 is 0.765 bits per heavy atom. The van der Waals surface area contributed by atoms with Crippen LogP contribution in [-0.4, -0.2) is 9.13 Å². The van der Waals surface area contributed by atoms with Crippen molar-refractivity contribution in [3.05, 3.63) is 182 Å². The van der Waals surface area contributed by atoms with Gasteiger partial charge in [-0.05, 0) is 95.1 Å². The fourth-order valence-electron chi connectivity index (χ4n) is 8.17. The van der Waals surface area contributed by atoms with Crippen molar-refractivity contribution in [2.45, 2.75) is 0 Å². The average molecular weight is 667 g/mol. The Labute approximate surface area is 298 Å². The molecule has 51 heavy (non-hydrogen) atoms. The number of fused-ring (bicyclic) bond motifs is 9. The molecule has 0 amide bonds. The van der Waals surface area contributed by atoms with Crippen molar-refractivity contribution >= 4 is 75.1 Å². The molecule has 2 nitrogen and oxygen atoms in total. The summed E-state index contributed by atoms with van der Waals surface area (Å²) in [7, 11) is 0. The highest BCUT2D eigenvalue weighted by Gasteiger charge is 2.16. The second-order valence-corrected chi connectivity index (χ2v) is 14.4. The van der Waals surface area contributed by atoms with Gasteiger partial charge in [0.15, 0.2) is 0 Å². The average Bonchev–Trinajstić information content (AvgIpc) is 3.85. The molecule has 3 heteroatoms. The molecule has 0 N–H and O–H groups in total. The molecule has 0 bridgehead atoms. The van der Waals surface area contributed by atoms with Gasteiger partial charge >= 0.3 is 0 Å². The SMILES string of the molecule is c1ccc(-n2c3ccccc3c3cc(-c4ccc5c(c4)c4ccccc4n5-c4cccc(-c5ccc6c(c5)sc5ccccc56)c4)ccc32)cc1. The van der Waals surface area contributed by atoms with Gasteiger partial charge in [-0.2, -0.15) is 0 Å². The van der Waals surface area contributed by atoms with Crippen LogP contribution in [0.15, 0.2) is 182 Å². The topological polar surface area (TPSA) is 9.86 Å². The first-order valence-electron chi connectivity index (χ1n) is 17.4. The van der Waals surface area contributed by atoms with Crippen LogP contribution < -0.4 is 0 Å². The Balaban J connectivity index is 1.05. The fourth-order valence-corrected chi connectivity index (χ4v) is 9.31. The molecule has 0 unspecified atom stereocenters. The molecule has 0 saturated heterocycles. The number of para-hydroxylation sites is 3. The van der Waals surface area contributed by atoms with Gasteiger partial charge in [-0.1, -0.05) is 109 Å². The number of aromatic nitrogens is 2. The van der Waals surface area contributed by atoms with Gasteiger partial charge in [0, 0.05) is 53.1 Å². The zero-order valence-corrected chi connectivity index (χ0v) is 28.4. The van der Waals surface area contributed by atoms with E-state index in [0.29, 0.717) is 0 Å². The van der Waals surface area contributed by atoms with Gasteiger partial charge < -0.3 is 9.13 Å². The van der Waals surface area contributed by atoms with E-state index in [1.165, 1.54) is 91.7 Å². The van der Waals surface area contributed by atoms with E-state index < -0.39 is 0 Å². The molecule has 8 aromatic carbocycles. The van der Waals surface area contributed by atoms with Crippen molar-refractivity contribution in [1.29, 1.82) is 0 Å². The Morgan fingerprint density at radius 1 is 0.275 bits per heavy atom. The molecule has 0 atom stereocenters. The maximum absolute atomic E-state index is 2.42. The Bertz CT molecular complexity index is 3140. The molecule has 3 aromatic heterocycles. The molecule has 0 radical (unpaired) electrons. The van der Waals surface area contributed by atoms with E-state index >= 15 is 0 Å². The third-order valence-corrected chi connectivity index (χ3v) is 11.6. The second-order valence-electron chi connectivity index (χ2n) is 13.4. The van der Waals surface area contributed by atoms with E-state index in [2.05, 4.69) is 191 Å². The molecule has 0 spiro atoms. The lowest BCUT2D eigenvalue weighted by molar-refractivity contribution is 1.18. The first kappa shape index (κ1) is 28.4. The molecule has 0 aliphatic heterocycles. The second kappa shape index (κ2) is 11.0. The van der Waals surface area contributed by atoms with E-state index in [-0.39, 0.29) is 0 Å². The first-order chi connectivity index (χ1) is 25.3. The van der Waals surface area contributed by atoms with Gasteiger partial charge in [0.25, 0.3) is 0 Å². The van der Waals surface area contributed by atoms with Crippen LogP contribution in [0.25, 0.3) is 97.4 Å². The summed E-state index contributed by atoms with van der Waals surface area (Å²) in [6.45, 7) is 0. The van der Waals surface area contributed by atoms with Gasteiger partial charge in [-0.15, -0.1) is 11.3 Å². The van der Waals surface area contributed by atoms with Gasteiger partial charge in [0.1, 0.15) is 0 Å². The fraction of sp³-hybridized carbons (Fsp3) is 0. The number of rotatable bonds is 4. The van der Waals surface area contributed by atoms with Gasteiger partial charge in [-0.3, -0.25) is 0 Å². The lowest BCUT2D eigenvalue weighted by Gasteiger charge is -2.11. The summed E-state index contributed by atoms with van der Waals surface area (Å²) < 4.78 is 7.46. The standard InChI is InChI=1S/C48H30N2S/c1-2-12-35(13-3-1)49-43-18-7-4-15-37(43)41-28-32(22-25-45(41)49)33-23-26-46-42(29-33)38-16-5-8-19-44(38)50(46)36-14-10-11-31(27-36)34-21-24-40-39-17-6-9-20-47(39)51-48(40)30-34/h1-30H. The molecule has 0 saturated carbocycles. The lowest BCUT2D eigenvalue weighted by Crippen LogP contribution is -1.94. The third kappa shape index (κ3) is 4.35. The highest BCUT2D eigenvalue weighted by atomic mass is 32.1. The predicted octanol–water partition coefficient (Wildman–Crippen LogP) is 13.6. The van der Waals surface area contributed by atoms with Crippen molar-refractivity contribution in [2.24, 2.45) is 0 Å². The van der Waals surface area contributed by atoms with Crippen molar-refractivity contribution < 1.29 is 0 Å². The van der Waals surface area contributed by atoms with Crippen LogP contribution in [-0.2, 0) is 0 Å². The van der Waals surface area contributed by atoms with Crippen molar-refractivity contribution in [2.75, 3.05) is 0 Å². The Hall–Kier alpha value is -6.42. The van der Waals surface area contributed by atoms with E-state index in [9.17, 15) is 0 Å². The summed E-state index contributed by atoms with van der Waals surface area (Å²) >= 11 is 1.87. The molecule has 238 valence electrons. The summed E-state index contributed by atoms with van der Waals surface area (Å²) in [6, 6.07) is 66.7. The number of hydrogen-bond donors (Lipinski definition) is 0. The zero-order chi connectivity index (χ0) is 33.5. The monoisotopic (exact) mass is 666 g/mol. The molecule has 0 aliphatic rings. The van der Waals surface area contributed by atoms with E-state index in [1.807, 2.05) is 11.3 Å². The minimum Gasteiger partial charge on any atom is -0.309 e. The normalized spacial score (nSPS) is 11.9. The van der Waals surface area contributed by atoms with Crippen LogP contribution in [0.2, 0.25) is 0 Å². The molecular weight excluding hydrogens is 637 g/mol. The Morgan fingerprint density at radius 3 is 1.47 bits per heavy atom. The highest BCUT2D eigenvalue weighted by molar-refractivity contribution is 7.25. The molecular formula is C48H30N2S. The highest BCUT2D eigenvalue weighted by Crippen LogP contribution is 2.40. The van der Waals surface area contributed by atoms with Crippen LogP contribution in [0.5, 0.6) is 0 Å². The maximum atomic E-state index is 2.42. The zero-order valence-electron chi connectivity index (χ0n) is 27.6.